The van der Waals surface area contributed by atoms with Gasteiger partial charge in [0.15, 0.2) is 16.6 Å². The molecule has 0 unspecified atom stereocenters. The molecule has 1 fully saturated rings. The van der Waals surface area contributed by atoms with E-state index in [1.165, 1.54) is 69.8 Å². The number of unbranched alkanes of at least 4 members (excludes halogenated alkanes) is 12. The van der Waals surface area contributed by atoms with Gasteiger partial charge in [0, 0.05) is 6.61 Å². The number of ether oxygens (including phenoxy) is 2. The average Bonchev–Trinajstić information content (AvgIpc) is 3.11. The van der Waals surface area contributed by atoms with Crippen LogP contribution in [0.1, 0.15) is 182 Å². The summed E-state index contributed by atoms with van der Waals surface area (Å²) in [4.78, 5) is 0. The van der Waals surface area contributed by atoms with Crippen LogP contribution in [0.3, 0.4) is 0 Å². The van der Waals surface area contributed by atoms with Gasteiger partial charge in [0.05, 0.1) is 43.2 Å². The molecule has 0 aliphatic carbocycles. The molecule has 322 valence electrons. The summed E-state index contributed by atoms with van der Waals surface area (Å²) in [7, 11) is -4.05. The Morgan fingerprint density at radius 3 is 1.85 bits per heavy atom. The lowest BCUT2D eigenvalue weighted by Gasteiger charge is -2.45. The number of aliphatic hydroxyl groups excluding tert-OH is 2. The molecule has 1 aliphatic heterocycles. The average molecular weight is 807 g/mol. The Labute approximate surface area is 342 Å². The molecule has 0 saturated carbocycles. The highest BCUT2D eigenvalue weighted by atomic mass is 28.4. The van der Waals surface area contributed by atoms with E-state index in [1.54, 1.807) is 0 Å². The van der Waals surface area contributed by atoms with Gasteiger partial charge in [-0.15, -0.1) is 0 Å². The quantitative estimate of drug-likeness (QED) is 0.0620. The van der Waals surface area contributed by atoms with Crippen LogP contribution in [0.2, 0.25) is 36.3 Å². The SMILES string of the molecule is CCCCCCCCCC[C@@H]1O[C@H]([C@@H](O)CC[C@H](O)[C@@H](CCCCCCCCOCc2ccccc2)O[Si](C)(C)C(C)(C)C)CC[C@H]1O[Si](C)(C)C(C)(C)C. The highest BCUT2D eigenvalue weighted by Gasteiger charge is 2.44. The van der Waals surface area contributed by atoms with E-state index in [2.05, 4.69) is 98.9 Å². The summed E-state index contributed by atoms with van der Waals surface area (Å²) in [6.45, 7) is 26.8. The van der Waals surface area contributed by atoms with Crippen molar-refractivity contribution in [1.82, 2.24) is 0 Å². The number of rotatable bonds is 29. The Hall–Kier alpha value is -0.586. The van der Waals surface area contributed by atoms with Crippen LogP contribution in [0.25, 0.3) is 0 Å². The second kappa shape index (κ2) is 25.8. The van der Waals surface area contributed by atoms with Gasteiger partial charge in [-0.2, -0.15) is 0 Å². The first-order chi connectivity index (χ1) is 25.9. The van der Waals surface area contributed by atoms with Gasteiger partial charge in [0.1, 0.15) is 0 Å². The van der Waals surface area contributed by atoms with E-state index in [0.717, 1.165) is 58.0 Å². The Morgan fingerprint density at radius 2 is 1.25 bits per heavy atom. The first kappa shape index (κ1) is 50.6. The lowest BCUT2D eigenvalue weighted by molar-refractivity contribution is -0.152. The minimum absolute atomic E-state index is 0.0176. The fourth-order valence-corrected chi connectivity index (χ4v) is 9.99. The van der Waals surface area contributed by atoms with Crippen molar-refractivity contribution in [3.8, 4) is 0 Å². The molecular weight excluding hydrogens is 717 g/mol. The molecule has 0 aromatic heterocycles. The zero-order chi connectivity index (χ0) is 41.0. The summed E-state index contributed by atoms with van der Waals surface area (Å²) in [6, 6.07) is 10.4. The van der Waals surface area contributed by atoms with Gasteiger partial charge in [-0.05, 0) is 86.8 Å². The van der Waals surface area contributed by atoms with Crippen molar-refractivity contribution in [2.45, 2.75) is 256 Å². The monoisotopic (exact) mass is 807 g/mol. The number of hydrogen-bond donors (Lipinski definition) is 2. The van der Waals surface area contributed by atoms with E-state index in [1.807, 2.05) is 6.07 Å². The molecule has 1 saturated heterocycles. The van der Waals surface area contributed by atoms with Gasteiger partial charge in [0.25, 0.3) is 0 Å². The Kier molecular flexibility index (Phi) is 23.7. The maximum atomic E-state index is 11.6. The van der Waals surface area contributed by atoms with Crippen molar-refractivity contribution in [2.75, 3.05) is 6.61 Å². The third kappa shape index (κ3) is 19.8. The molecule has 2 N–H and O–H groups in total. The zero-order valence-corrected chi connectivity index (χ0v) is 39.9. The maximum absolute atomic E-state index is 11.6. The Bertz CT molecular complexity index is 1100. The van der Waals surface area contributed by atoms with Crippen LogP contribution in [0.15, 0.2) is 30.3 Å². The van der Waals surface area contributed by atoms with Gasteiger partial charge in [-0.25, -0.2) is 0 Å². The molecule has 2 rings (SSSR count). The first-order valence-corrected chi connectivity index (χ1v) is 28.7. The normalized spacial score (nSPS) is 20.4. The molecule has 55 heavy (non-hydrogen) atoms. The largest absolute Gasteiger partial charge is 0.411 e. The lowest BCUT2D eigenvalue weighted by Crippen LogP contribution is -2.51. The molecule has 0 amide bonds. The van der Waals surface area contributed by atoms with Gasteiger partial charge in [-0.1, -0.05) is 162 Å². The van der Waals surface area contributed by atoms with Crippen LogP contribution in [-0.4, -0.2) is 70.1 Å². The minimum Gasteiger partial charge on any atom is -0.411 e. The van der Waals surface area contributed by atoms with Crippen LogP contribution in [-0.2, 0) is 24.9 Å². The van der Waals surface area contributed by atoms with E-state index in [9.17, 15) is 10.2 Å². The molecule has 1 heterocycles. The Morgan fingerprint density at radius 1 is 0.691 bits per heavy atom. The van der Waals surface area contributed by atoms with Crippen LogP contribution in [0.5, 0.6) is 0 Å². The lowest BCUT2D eigenvalue weighted by atomic mass is 9.92. The summed E-state index contributed by atoms with van der Waals surface area (Å²) in [5.41, 5.74) is 1.23. The second-order valence-corrected chi connectivity index (χ2v) is 29.6. The van der Waals surface area contributed by atoms with Gasteiger partial charge < -0.3 is 28.5 Å². The van der Waals surface area contributed by atoms with Gasteiger partial charge in [-0.3, -0.25) is 0 Å². The smallest absolute Gasteiger partial charge is 0.192 e. The van der Waals surface area contributed by atoms with Crippen molar-refractivity contribution in [3.05, 3.63) is 35.9 Å². The van der Waals surface area contributed by atoms with Crippen LogP contribution >= 0.6 is 0 Å². The standard InChI is InChI=1S/C47H90O6Si2/c1-12-13-14-15-16-17-21-27-32-44-45(53-55(10,11)47(5,6)7)36-35-42(51-44)40(48)33-34-41(49)43(52-54(8,9)46(2,3)4)31-26-20-18-19-22-28-37-50-38-39-29-24-23-25-30-39/h23-25,29-30,40-45,48-49H,12-22,26-28,31-38H2,1-11H3/t40-,41-,42-,43+,44-,45+/m0/s1. The molecular formula is C47H90O6Si2. The zero-order valence-electron chi connectivity index (χ0n) is 37.9. The first-order valence-electron chi connectivity index (χ1n) is 22.9. The van der Waals surface area contributed by atoms with Crippen LogP contribution in [0.4, 0.5) is 0 Å². The predicted octanol–water partition coefficient (Wildman–Crippen LogP) is 13.3. The molecule has 6 nitrogen and oxygen atoms in total. The molecule has 0 radical (unpaired) electrons. The molecule has 8 heteroatoms. The second-order valence-electron chi connectivity index (χ2n) is 20.0. The predicted molar refractivity (Wildman–Crippen MR) is 239 cm³/mol. The summed E-state index contributed by atoms with van der Waals surface area (Å²) in [5.74, 6) is 0. The molecule has 6 atom stereocenters. The molecule has 1 aliphatic rings. The fourth-order valence-electron chi connectivity index (χ4n) is 7.22. The van der Waals surface area contributed by atoms with Crippen molar-refractivity contribution in [2.24, 2.45) is 0 Å². The van der Waals surface area contributed by atoms with E-state index in [4.69, 9.17) is 18.3 Å². The van der Waals surface area contributed by atoms with Crippen molar-refractivity contribution in [3.63, 3.8) is 0 Å². The molecule has 0 spiro atoms. The summed E-state index contributed by atoms with van der Waals surface area (Å²) < 4.78 is 26.5. The molecule has 0 bridgehead atoms. The molecule has 1 aromatic rings. The minimum atomic E-state index is -2.09. The summed E-state index contributed by atoms with van der Waals surface area (Å²) in [5, 5.41) is 23.4. The highest BCUT2D eigenvalue weighted by Crippen LogP contribution is 2.41. The number of aliphatic hydroxyl groups is 2. The molecule has 1 aromatic carbocycles. The number of benzene rings is 1. The van der Waals surface area contributed by atoms with E-state index < -0.39 is 28.8 Å². The Balaban J connectivity index is 1.89. The topological polar surface area (TPSA) is 77.4 Å². The summed E-state index contributed by atoms with van der Waals surface area (Å²) in [6.07, 6.45) is 20.3. The van der Waals surface area contributed by atoms with E-state index in [0.29, 0.717) is 19.4 Å². The van der Waals surface area contributed by atoms with Gasteiger partial charge >= 0.3 is 0 Å². The van der Waals surface area contributed by atoms with Crippen molar-refractivity contribution < 1.29 is 28.5 Å². The van der Waals surface area contributed by atoms with E-state index >= 15 is 0 Å². The van der Waals surface area contributed by atoms with E-state index in [-0.39, 0.29) is 34.5 Å². The highest BCUT2D eigenvalue weighted by molar-refractivity contribution is 6.74. The van der Waals surface area contributed by atoms with Crippen molar-refractivity contribution in [1.29, 1.82) is 0 Å². The third-order valence-electron chi connectivity index (χ3n) is 13.1. The fraction of sp³-hybridized carbons (Fsp3) is 0.872. The maximum Gasteiger partial charge on any atom is 0.192 e. The van der Waals surface area contributed by atoms with Crippen molar-refractivity contribution >= 4 is 16.6 Å². The van der Waals surface area contributed by atoms with Gasteiger partial charge in [0.2, 0.25) is 0 Å². The summed E-state index contributed by atoms with van der Waals surface area (Å²) >= 11 is 0. The van der Waals surface area contributed by atoms with Crippen LogP contribution < -0.4 is 0 Å². The third-order valence-corrected chi connectivity index (χ3v) is 22.1. The van der Waals surface area contributed by atoms with Crippen LogP contribution in [0, 0.1) is 0 Å². The number of hydrogen-bond acceptors (Lipinski definition) is 6.